The predicted molar refractivity (Wildman–Crippen MR) is 97.7 cm³/mol. The molecule has 1 aliphatic heterocycles. The average Bonchev–Trinajstić information content (AvgIpc) is 3.15. The van der Waals surface area contributed by atoms with Gasteiger partial charge in [-0.2, -0.15) is 4.98 Å². The van der Waals surface area contributed by atoms with Gasteiger partial charge in [-0.25, -0.2) is 0 Å². The number of nitrogens with zero attached hydrogens (tertiary/aromatic N) is 4. The predicted octanol–water partition coefficient (Wildman–Crippen LogP) is 2.58. The summed E-state index contributed by atoms with van der Waals surface area (Å²) in [6.07, 6.45) is 2.68. The van der Waals surface area contributed by atoms with Crippen LogP contribution in [0, 0.1) is 0 Å². The lowest BCUT2D eigenvalue weighted by molar-refractivity contribution is -0.133. The van der Waals surface area contributed by atoms with E-state index in [4.69, 9.17) is 9.26 Å². The summed E-state index contributed by atoms with van der Waals surface area (Å²) in [5, 5.41) is 4.08. The van der Waals surface area contributed by atoms with Crippen molar-refractivity contribution in [2.45, 2.75) is 32.7 Å². The van der Waals surface area contributed by atoms with Crippen LogP contribution in [0.3, 0.4) is 0 Å². The van der Waals surface area contributed by atoms with Crippen molar-refractivity contribution in [1.82, 2.24) is 19.9 Å². The zero-order valence-electron chi connectivity index (χ0n) is 15.5. The van der Waals surface area contributed by atoms with Crippen molar-refractivity contribution in [3.8, 4) is 17.2 Å². The molecule has 0 unspecified atom stereocenters. The van der Waals surface area contributed by atoms with Crippen molar-refractivity contribution in [3.05, 3.63) is 30.1 Å². The maximum Gasteiger partial charge on any atom is 0.257 e. The second-order valence-corrected chi connectivity index (χ2v) is 6.50. The van der Waals surface area contributed by atoms with E-state index in [2.05, 4.69) is 22.0 Å². The van der Waals surface area contributed by atoms with Crippen LogP contribution in [0.5, 0.6) is 5.75 Å². The summed E-state index contributed by atoms with van der Waals surface area (Å²) in [6, 6.07) is 7.54. The molecule has 1 amide bonds. The summed E-state index contributed by atoms with van der Waals surface area (Å²) in [5.74, 6) is 2.24. The van der Waals surface area contributed by atoms with Gasteiger partial charge in [0.05, 0.1) is 13.7 Å². The molecule has 1 aromatic carbocycles. The summed E-state index contributed by atoms with van der Waals surface area (Å²) >= 11 is 0. The molecule has 0 radical (unpaired) electrons. The van der Waals surface area contributed by atoms with Gasteiger partial charge >= 0.3 is 0 Å². The van der Waals surface area contributed by atoms with E-state index in [1.165, 1.54) is 0 Å². The first kappa shape index (κ1) is 18.4. The van der Waals surface area contributed by atoms with Crippen LogP contribution in [-0.4, -0.2) is 59.1 Å². The lowest BCUT2D eigenvalue weighted by atomic mass is 10.2. The summed E-state index contributed by atoms with van der Waals surface area (Å²) in [5.41, 5.74) is 0.871. The maximum atomic E-state index is 12.1. The number of hydrogen-bond donors (Lipinski definition) is 0. The highest BCUT2D eigenvalue weighted by Gasteiger charge is 2.22. The van der Waals surface area contributed by atoms with Crippen LogP contribution in [0.2, 0.25) is 0 Å². The first-order valence-electron chi connectivity index (χ1n) is 9.16. The Balaban J connectivity index is 1.51. The van der Waals surface area contributed by atoms with Gasteiger partial charge in [-0.05, 0) is 30.7 Å². The van der Waals surface area contributed by atoms with Gasteiger partial charge in [-0.3, -0.25) is 9.69 Å². The normalized spacial score (nSPS) is 15.2. The highest BCUT2D eigenvalue weighted by molar-refractivity contribution is 5.76. The quantitative estimate of drug-likeness (QED) is 0.757. The molecule has 7 nitrogen and oxygen atoms in total. The minimum atomic E-state index is 0.271. The van der Waals surface area contributed by atoms with E-state index in [-0.39, 0.29) is 5.91 Å². The Hall–Kier alpha value is -2.41. The van der Waals surface area contributed by atoms with Gasteiger partial charge in [-0.15, -0.1) is 0 Å². The average molecular weight is 358 g/mol. The Morgan fingerprint density at radius 2 is 1.92 bits per heavy atom. The van der Waals surface area contributed by atoms with E-state index in [0.717, 1.165) is 50.3 Å². The molecule has 1 fully saturated rings. The lowest BCUT2D eigenvalue weighted by Crippen LogP contribution is -2.48. The Morgan fingerprint density at radius 3 is 2.58 bits per heavy atom. The second-order valence-electron chi connectivity index (χ2n) is 6.50. The fraction of sp³-hybridized carbons (Fsp3) is 0.526. The van der Waals surface area contributed by atoms with Crippen molar-refractivity contribution < 1.29 is 14.1 Å². The summed E-state index contributed by atoms with van der Waals surface area (Å²) in [6.45, 7) is 5.96. The Kier molecular flexibility index (Phi) is 6.22. The molecule has 0 N–H and O–H groups in total. The minimum absolute atomic E-state index is 0.271. The van der Waals surface area contributed by atoms with Crippen molar-refractivity contribution >= 4 is 5.91 Å². The van der Waals surface area contributed by atoms with E-state index in [1.807, 2.05) is 29.2 Å². The lowest BCUT2D eigenvalue weighted by Gasteiger charge is -2.34. The first-order chi connectivity index (χ1) is 12.7. The highest BCUT2D eigenvalue weighted by Crippen LogP contribution is 2.21. The Labute approximate surface area is 153 Å². The van der Waals surface area contributed by atoms with Gasteiger partial charge < -0.3 is 14.2 Å². The molecular formula is C19H26N4O3. The highest BCUT2D eigenvalue weighted by atomic mass is 16.5. The van der Waals surface area contributed by atoms with Gasteiger partial charge in [-0.1, -0.05) is 18.5 Å². The number of ether oxygens (including phenoxy) is 1. The van der Waals surface area contributed by atoms with E-state index in [1.54, 1.807) is 7.11 Å². The van der Waals surface area contributed by atoms with Crippen molar-refractivity contribution in [3.63, 3.8) is 0 Å². The topological polar surface area (TPSA) is 71.7 Å². The first-order valence-corrected chi connectivity index (χ1v) is 9.16. The monoisotopic (exact) mass is 358 g/mol. The van der Waals surface area contributed by atoms with Gasteiger partial charge in [0.15, 0.2) is 5.82 Å². The number of amides is 1. The molecule has 0 atom stereocenters. The van der Waals surface area contributed by atoms with Gasteiger partial charge in [0.25, 0.3) is 5.89 Å². The number of carbonyl (C=O) groups excluding carboxylic acids is 1. The fourth-order valence-corrected chi connectivity index (χ4v) is 3.01. The smallest absolute Gasteiger partial charge is 0.257 e. The number of aromatic nitrogens is 2. The van der Waals surface area contributed by atoms with E-state index >= 15 is 0 Å². The van der Waals surface area contributed by atoms with E-state index < -0.39 is 0 Å². The Morgan fingerprint density at radius 1 is 1.19 bits per heavy atom. The molecule has 3 rings (SSSR count). The van der Waals surface area contributed by atoms with Gasteiger partial charge in [0.1, 0.15) is 5.75 Å². The second kappa shape index (κ2) is 8.80. The van der Waals surface area contributed by atoms with E-state index in [9.17, 15) is 4.79 Å². The maximum absolute atomic E-state index is 12.1. The van der Waals surface area contributed by atoms with Gasteiger partial charge in [0, 0.05) is 38.2 Å². The number of hydrogen-bond acceptors (Lipinski definition) is 6. The third kappa shape index (κ3) is 4.60. The molecule has 2 aromatic rings. The molecule has 0 saturated carbocycles. The largest absolute Gasteiger partial charge is 0.497 e. The van der Waals surface area contributed by atoms with Crippen molar-refractivity contribution in [2.75, 3.05) is 33.3 Å². The molecule has 0 aliphatic carbocycles. The minimum Gasteiger partial charge on any atom is -0.497 e. The molecule has 2 heterocycles. The molecule has 140 valence electrons. The Bertz CT molecular complexity index is 706. The fourth-order valence-electron chi connectivity index (χ4n) is 3.01. The van der Waals surface area contributed by atoms with Crippen LogP contribution in [0.15, 0.2) is 28.8 Å². The molecule has 1 aromatic heterocycles. The number of benzene rings is 1. The van der Waals surface area contributed by atoms with Crippen LogP contribution >= 0.6 is 0 Å². The zero-order chi connectivity index (χ0) is 18.4. The molecule has 0 spiro atoms. The third-order valence-electron chi connectivity index (χ3n) is 4.64. The van der Waals surface area contributed by atoms with Gasteiger partial charge in [0.2, 0.25) is 5.91 Å². The number of piperazine rings is 1. The molecule has 26 heavy (non-hydrogen) atoms. The van der Waals surface area contributed by atoms with Crippen LogP contribution < -0.4 is 4.74 Å². The third-order valence-corrected chi connectivity index (χ3v) is 4.64. The molecule has 1 saturated heterocycles. The van der Waals surface area contributed by atoms with Crippen LogP contribution in [0.1, 0.15) is 32.0 Å². The molecule has 1 aliphatic rings. The SMILES string of the molecule is CCCCC(=O)N1CCN(Cc2noc(-c3ccc(OC)cc3)n2)CC1. The van der Waals surface area contributed by atoms with Crippen molar-refractivity contribution in [1.29, 1.82) is 0 Å². The van der Waals surface area contributed by atoms with Crippen molar-refractivity contribution in [2.24, 2.45) is 0 Å². The summed E-state index contributed by atoms with van der Waals surface area (Å²) < 4.78 is 10.5. The summed E-state index contributed by atoms with van der Waals surface area (Å²) in [4.78, 5) is 20.8. The molecular weight excluding hydrogens is 332 g/mol. The standard InChI is InChI=1S/C19H26N4O3/c1-3-4-5-18(24)23-12-10-22(11-13-23)14-17-20-19(26-21-17)15-6-8-16(25-2)9-7-15/h6-9H,3-5,10-14H2,1-2H3. The van der Waals surface area contributed by atoms with Crippen LogP contribution in [0.25, 0.3) is 11.5 Å². The number of rotatable bonds is 7. The zero-order valence-corrected chi connectivity index (χ0v) is 15.5. The van der Waals surface area contributed by atoms with E-state index in [0.29, 0.717) is 24.7 Å². The van der Waals surface area contributed by atoms with Crippen LogP contribution in [-0.2, 0) is 11.3 Å². The number of unbranched alkanes of at least 4 members (excludes halogenated alkanes) is 1. The van der Waals surface area contributed by atoms with Crippen LogP contribution in [0.4, 0.5) is 0 Å². The number of methoxy groups -OCH3 is 1. The molecule has 0 bridgehead atoms. The molecule has 7 heteroatoms. The number of carbonyl (C=O) groups is 1. The summed E-state index contributed by atoms with van der Waals surface area (Å²) in [7, 11) is 1.64.